The van der Waals surface area contributed by atoms with E-state index in [-0.39, 0.29) is 0 Å². The first-order valence-corrected chi connectivity index (χ1v) is 6.82. The predicted octanol–water partition coefficient (Wildman–Crippen LogP) is 2.24. The summed E-state index contributed by atoms with van der Waals surface area (Å²) in [5, 5.41) is 0. The largest absolute Gasteiger partial charge is 0.495 e. The van der Waals surface area contributed by atoms with Crippen molar-refractivity contribution >= 4 is 11.9 Å². The Hall–Kier alpha value is -2.01. The second-order valence-electron chi connectivity index (χ2n) is 4.97. The second kappa shape index (κ2) is 6.63. The molecule has 0 N–H and O–H groups in total. The molecular formula is C16H21NO4. The lowest BCUT2D eigenvalue weighted by Gasteiger charge is -2.25. The van der Waals surface area contributed by atoms with Crippen LogP contribution in [0.3, 0.4) is 0 Å². The van der Waals surface area contributed by atoms with Crippen LogP contribution in [0.2, 0.25) is 0 Å². The SMILES string of the molecule is COc1cc(C=O)c(OC)c(C2=CCN(C)CC2)c1OC. The highest BCUT2D eigenvalue weighted by molar-refractivity contribution is 5.89. The lowest BCUT2D eigenvalue weighted by molar-refractivity contribution is 0.112. The van der Waals surface area contributed by atoms with Crippen molar-refractivity contribution in [2.45, 2.75) is 6.42 Å². The fraction of sp³-hybridized carbons (Fsp3) is 0.438. The second-order valence-corrected chi connectivity index (χ2v) is 4.97. The van der Waals surface area contributed by atoms with Crippen LogP contribution in [-0.2, 0) is 0 Å². The van der Waals surface area contributed by atoms with Gasteiger partial charge < -0.3 is 19.1 Å². The van der Waals surface area contributed by atoms with Gasteiger partial charge in [0.1, 0.15) is 5.75 Å². The van der Waals surface area contributed by atoms with Gasteiger partial charge in [0, 0.05) is 13.1 Å². The molecule has 0 saturated carbocycles. The standard InChI is InChI=1S/C16H21NO4/c1-17-7-5-11(6-8-17)14-15(20-3)12(10-18)9-13(19-2)16(14)21-4/h5,9-10H,6-8H2,1-4H3. The van der Waals surface area contributed by atoms with Crippen molar-refractivity contribution in [2.24, 2.45) is 0 Å². The van der Waals surface area contributed by atoms with Crippen LogP contribution in [-0.4, -0.2) is 52.7 Å². The van der Waals surface area contributed by atoms with Crippen LogP contribution in [0.4, 0.5) is 0 Å². The van der Waals surface area contributed by atoms with Crippen LogP contribution < -0.4 is 14.2 Å². The fourth-order valence-corrected chi connectivity index (χ4v) is 2.59. The predicted molar refractivity (Wildman–Crippen MR) is 81.6 cm³/mol. The quantitative estimate of drug-likeness (QED) is 0.779. The highest BCUT2D eigenvalue weighted by Gasteiger charge is 2.24. The van der Waals surface area contributed by atoms with Crippen molar-refractivity contribution in [1.82, 2.24) is 4.90 Å². The Bertz CT molecular complexity index is 566. The smallest absolute Gasteiger partial charge is 0.171 e. The molecule has 1 aliphatic rings. The van der Waals surface area contributed by atoms with Gasteiger partial charge in [-0.2, -0.15) is 0 Å². The molecule has 0 unspecified atom stereocenters. The average Bonchev–Trinajstić information content (AvgIpc) is 2.53. The number of rotatable bonds is 5. The van der Waals surface area contributed by atoms with E-state index in [1.165, 1.54) is 0 Å². The van der Waals surface area contributed by atoms with Crippen molar-refractivity contribution in [2.75, 3.05) is 41.5 Å². The summed E-state index contributed by atoms with van der Waals surface area (Å²) >= 11 is 0. The number of aldehydes is 1. The van der Waals surface area contributed by atoms with Crippen molar-refractivity contribution < 1.29 is 19.0 Å². The van der Waals surface area contributed by atoms with Gasteiger partial charge in [-0.15, -0.1) is 0 Å². The number of likely N-dealkylation sites (N-methyl/N-ethyl adjacent to an activating group) is 1. The van der Waals surface area contributed by atoms with Gasteiger partial charge in [-0.25, -0.2) is 0 Å². The first-order chi connectivity index (χ1) is 10.2. The van der Waals surface area contributed by atoms with E-state index in [0.717, 1.165) is 36.9 Å². The van der Waals surface area contributed by atoms with Gasteiger partial charge in [-0.3, -0.25) is 4.79 Å². The minimum absolute atomic E-state index is 0.463. The summed E-state index contributed by atoms with van der Waals surface area (Å²) in [4.78, 5) is 13.6. The number of benzene rings is 1. The number of nitrogens with zero attached hydrogens (tertiary/aromatic N) is 1. The molecule has 5 nitrogen and oxygen atoms in total. The first-order valence-electron chi connectivity index (χ1n) is 6.82. The normalized spacial score (nSPS) is 15.3. The zero-order valence-corrected chi connectivity index (χ0v) is 12.9. The van der Waals surface area contributed by atoms with Gasteiger partial charge >= 0.3 is 0 Å². The van der Waals surface area contributed by atoms with E-state index in [2.05, 4.69) is 18.0 Å². The molecule has 1 aliphatic heterocycles. The van der Waals surface area contributed by atoms with Crippen LogP contribution in [0.25, 0.3) is 5.57 Å². The summed E-state index contributed by atoms with van der Waals surface area (Å²) in [6.45, 7) is 1.81. The molecule has 114 valence electrons. The highest BCUT2D eigenvalue weighted by atomic mass is 16.5. The molecule has 5 heteroatoms. The van der Waals surface area contributed by atoms with Crippen molar-refractivity contribution in [3.63, 3.8) is 0 Å². The van der Waals surface area contributed by atoms with Crippen LogP contribution in [0.15, 0.2) is 12.1 Å². The fourth-order valence-electron chi connectivity index (χ4n) is 2.59. The Kier molecular flexibility index (Phi) is 4.85. The van der Waals surface area contributed by atoms with E-state index in [1.807, 2.05) is 0 Å². The summed E-state index contributed by atoms with van der Waals surface area (Å²) in [6.07, 6.45) is 3.78. The molecule has 1 aromatic rings. The van der Waals surface area contributed by atoms with Gasteiger partial charge in [0.2, 0.25) is 0 Å². The van der Waals surface area contributed by atoms with Crippen molar-refractivity contribution in [3.05, 3.63) is 23.3 Å². The van der Waals surface area contributed by atoms with Gasteiger partial charge in [0.25, 0.3) is 0 Å². The third-order valence-corrected chi connectivity index (χ3v) is 3.72. The third-order valence-electron chi connectivity index (χ3n) is 3.72. The number of carbonyl (C=O) groups excluding carboxylic acids is 1. The Morgan fingerprint density at radius 3 is 2.33 bits per heavy atom. The van der Waals surface area contributed by atoms with E-state index in [9.17, 15) is 4.79 Å². The molecule has 0 aliphatic carbocycles. The Labute approximate surface area is 125 Å². The summed E-state index contributed by atoms with van der Waals surface area (Å²) in [5.74, 6) is 1.68. The summed E-state index contributed by atoms with van der Waals surface area (Å²) in [6, 6.07) is 1.64. The third kappa shape index (κ3) is 2.88. The minimum atomic E-state index is 0.463. The minimum Gasteiger partial charge on any atom is -0.495 e. The molecule has 0 radical (unpaired) electrons. The molecule has 0 aromatic heterocycles. The molecule has 2 rings (SSSR count). The maximum Gasteiger partial charge on any atom is 0.171 e. The number of ether oxygens (including phenoxy) is 3. The zero-order chi connectivity index (χ0) is 15.4. The monoisotopic (exact) mass is 291 g/mol. The first kappa shape index (κ1) is 15.4. The zero-order valence-electron chi connectivity index (χ0n) is 12.9. The molecule has 0 bridgehead atoms. The Morgan fingerprint density at radius 1 is 1.14 bits per heavy atom. The Balaban J connectivity index is 2.68. The van der Waals surface area contributed by atoms with E-state index in [4.69, 9.17) is 14.2 Å². The topological polar surface area (TPSA) is 48.0 Å². The molecule has 0 saturated heterocycles. The van der Waals surface area contributed by atoms with Crippen LogP contribution in [0, 0.1) is 0 Å². The van der Waals surface area contributed by atoms with Crippen molar-refractivity contribution in [3.8, 4) is 17.2 Å². The maximum absolute atomic E-state index is 11.3. The molecule has 1 aromatic carbocycles. The van der Waals surface area contributed by atoms with Gasteiger partial charge in [0.15, 0.2) is 17.8 Å². The van der Waals surface area contributed by atoms with Gasteiger partial charge in [-0.1, -0.05) is 6.08 Å². The highest BCUT2D eigenvalue weighted by Crippen LogP contribution is 2.45. The van der Waals surface area contributed by atoms with E-state index in [0.29, 0.717) is 22.8 Å². The van der Waals surface area contributed by atoms with E-state index < -0.39 is 0 Å². The average molecular weight is 291 g/mol. The van der Waals surface area contributed by atoms with Gasteiger partial charge in [0.05, 0.1) is 32.5 Å². The van der Waals surface area contributed by atoms with E-state index in [1.54, 1.807) is 27.4 Å². The number of carbonyl (C=O) groups is 1. The van der Waals surface area contributed by atoms with Crippen molar-refractivity contribution in [1.29, 1.82) is 0 Å². The molecule has 0 spiro atoms. The summed E-state index contributed by atoms with van der Waals surface area (Å²) in [7, 11) is 6.79. The lowest BCUT2D eigenvalue weighted by atomic mass is 9.95. The number of methoxy groups -OCH3 is 3. The molecule has 0 atom stereocenters. The Morgan fingerprint density at radius 2 is 1.86 bits per heavy atom. The summed E-state index contributed by atoms with van der Waals surface area (Å²) in [5.41, 5.74) is 2.39. The summed E-state index contributed by atoms with van der Waals surface area (Å²) < 4.78 is 16.3. The molecule has 21 heavy (non-hydrogen) atoms. The molecule has 1 heterocycles. The lowest BCUT2D eigenvalue weighted by Crippen LogP contribution is -2.24. The number of hydrogen-bond donors (Lipinski definition) is 0. The van der Waals surface area contributed by atoms with Crippen LogP contribution >= 0.6 is 0 Å². The molecular weight excluding hydrogens is 270 g/mol. The van der Waals surface area contributed by atoms with Gasteiger partial charge in [-0.05, 0) is 25.1 Å². The molecule has 0 amide bonds. The maximum atomic E-state index is 11.3. The van der Waals surface area contributed by atoms with Crippen LogP contribution in [0.5, 0.6) is 17.2 Å². The van der Waals surface area contributed by atoms with Crippen LogP contribution in [0.1, 0.15) is 22.3 Å². The number of hydrogen-bond acceptors (Lipinski definition) is 5. The molecule has 0 fully saturated rings. The van der Waals surface area contributed by atoms with E-state index >= 15 is 0 Å².